The summed E-state index contributed by atoms with van der Waals surface area (Å²) in [5.41, 5.74) is 2.89. The molecule has 0 N–H and O–H groups in total. The van der Waals surface area contributed by atoms with Crippen LogP contribution in [0.5, 0.6) is 0 Å². The van der Waals surface area contributed by atoms with E-state index in [1.807, 2.05) is 48.7 Å². The second kappa shape index (κ2) is 7.62. The molecule has 24 heavy (non-hydrogen) atoms. The smallest absolute Gasteiger partial charge is 0.227 e. The number of aryl methyl sites for hydroxylation is 2. The molecule has 0 bridgehead atoms. The molecule has 1 aliphatic heterocycles. The minimum absolute atomic E-state index is 0.143. The molecule has 1 atom stereocenters. The molecular weight excluding hydrogens is 344 g/mol. The van der Waals surface area contributed by atoms with E-state index >= 15 is 0 Å². The topological polar surface area (TPSA) is 46.3 Å². The highest BCUT2D eigenvalue weighted by Crippen LogP contribution is 2.37. The number of hydrogen-bond acceptors (Lipinski definition) is 4. The van der Waals surface area contributed by atoms with Crippen LogP contribution in [0, 0.1) is 13.8 Å². The fourth-order valence-electron chi connectivity index (χ4n) is 3.02. The highest BCUT2D eigenvalue weighted by atomic mass is 35.5. The van der Waals surface area contributed by atoms with Crippen LogP contribution in [0.1, 0.15) is 34.3 Å². The molecule has 2 aromatic rings. The summed E-state index contributed by atoms with van der Waals surface area (Å²) in [4.78, 5) is 14.6. The van der Waals surface area contributed by atoms with Crippen LogP contribution < -0.4 is 0 Å². The minimum atomic E-state index is 0.143. The largest absolute Gasteiger partial charge is 0.361 e. The van der Waals surface area contributed by atoms with Crippen molar-refractivity contribution in [3.63, 3.8) is 0 Å². The molecule has 1 unspecified atom stereocenters. The average Bonchev–Trinajstić information content (AvgIpc) is 2.79. The molecule has 0 spiro atoms. The molecule has 6 heteroatoms. The first-order chi connectivity index (χ1) is 11.6. The van der Waals surface area contributed by atoms with Crippen LogP contribution in [-0.4, -0.2) is 34.8 Å². The summed E-state index contributed by atoms with van der Waals surface area (Å²) >= 11 is 8.21. The van der Waals surface area contributed by atoms with Gasteiger partial charge >= 0.3 is 0 Å². The number of nitrogens with zero attached hydrogens (tertiary/aromatic N) is 2. The maximum atomic E-state index is 12.7. The Bertz CT molecular complexity index is 712. The summed E-state index contributed by atoms with van der Waals surface area (Å²) in [6.07, 6.45) is 1.28. The lowest BCUT2D eigenvalue weighted by Crippen LogP contribution is -2.34. The molecule has 0 radical (unpaired) electrons. The van der Waals surface area contributed by atoms with Gasteiger partial charge < -0.3 is 9.42 Å². The Morgan fingerprint density at radius 1 is 1.38 bits per heavy atom. The molecule has 128 valence electrons. The van der Waals surface area contributed by atoms with Crippen LogP contribution in [0.3, 0.4) is 0 Å². The molecule has 4 nitrogen and oxygen atoms in total. The van der Waals surface area contributed by atoms with E-state index in [1.54, 1.807) is 0 Å². The number of thioether (sulfide) groups is 1. The van der Waals surface area contributed by atoms with Gasteiger partial charge in [-0.15, -0.1) is 0 Å². The fraction of sp³-hybridized carbons (Fsp3) is 0.444. The van der Waals surface area contributed by atoms with Crippen molar-refractivity contribution in [3.8, 4) is 0 Å². The van der Waals surface area contributed by atoms with Gasteiger partial charge in [0.15, 0.2) is 0 Å². The van der Waals surface area contributed by atoms with Crippen molar-refractivity contribution in [1.82, 2.24) is 10.1 Å². The van der Waals surface area contributed by atoms with Gasteiger partial charge in [-0.2, -0.15) is 11.8 Å². The second-order valence-corrected chi connectivity index (χ2v) is 7.75. The molecule has 1 aromatic heterocycles. The summed E-state index contributed by atoms with van der Waals surface area (Å²) in [5, 5.41) is 5.08. The molecule has 1 aliphatic rings. The van der Waals surface area contributed by atoms with Crippen LogP contribution in [0.2, 0.25) is 5.02 Å². The minimum Gasteiger partial charge on any atom is -0.361 e. The van der Waals surface area contributed by atoms with Crippen molar-refractivity contribution in [2.45, 2.75) is 31.9 Å². The number of carbonyl (C=O) groups excluding carboxylic acids is 1. The Hall–Kier alpha value is -1.46. The maximum absolute atomic E-state index is 12.7. The van der Waals surface area contributed by atoms with E-state index < -0.39 is 0 Å². The van der Waals surface area contributed by atoms with E-state index in [2.05, 4.69) is 11.2 Å². The van der Waals surface area contributed by atoms with Gasteiger partial charge in [0, 0.05) is 34.7 Å². The molecular formula is C18H21ClN2O2S. The third-order valence-corrected chi connectivity index (χ3v) is 6.11. The van der Waals surface area contributed by atoms with Crippen molar-refractivity contribution in [2.75, 3.05) is 18.8 Å². The van der Waals surface area contributed by atoms with Crippen molar-refractivity contribution in [2.24, 2.45) is 0 Å². The number of carbonyl (C=O) groups is 1. The van der Waals surface area contributed by atoms with Crippen LogP contribution in [0.15, 0.2) is 28.8 Å². The van der Waals surface area contributed by atoms with E-state index in [4.69, 9.17) is 16.1 Å². The lowest BCUT2D eigenvalue weighted by molar-refractivity contribution is -0.130. The SMILES string of the molecule is Cc1noc(C)c1CC(=O)N1CCSC(c2ccccc2Cl)CC1. The Balaban J connectivity index is 1.65. The standard InChI is InChI=1S/C18H21ClN2O2S/c1-12-15(13(2)23-20-12)11-18(22)21-8-7-17(24-10-9-21)14-5-3-4-6-16(14)19/h3-6,17H,7-11H2,1-2H3. The molecule has 2 heterocycles. The average molecular weight is 365 g/mol. The lowest BCUT2D eigenvalue weighted by Gasteiger charge is -2.20. The molecule has 1 amide bonds. The third-order valence-electron chi connectivity index (χ3n) is 4.46. The lowest BCUT2D eigenvalue weighted by atomic mass is 10.1. The Morgan fingerprint density at radius 2 is 2.17 bits per heavy atom. The third kappa shape index (κ3) is 3.78. The Labute approximate surface area is 151 Å². The number of aromatic nitrogens is 1. The van der Waals surface area contributed by atoms with Crippen molar-refractivity contribution in [1.29, 1.82) is 0 Å². The zero-order valence-electron chi connectivity index (χ0n) is 13.9. The van der Waals surface area contributed by atoms with Crippen LogP contribution in [0.25, 0.3) is 0 Å². The predicted molar refractivity (Wildman–Crippen MR) is 97.5 cm³/mol. The highest BCUT2D eigenvalue weighted by Gasteiger charge is 2.24. The monoisotopic (exact) mass is 364 g/mol. The molecule has 0 aliphatic carbocycles. The van der Waals surface area contributed by atoms with E-state index in [0.717, 1.165) is 47.3 Å². The van der Waals surface area contributed by atoms with Crippen molar-refractivity contribution < 1.29 is 9.32 Å². The zero-order valence-corrected chi connectivity index (χ0v) is 15.5. The van der Waals surface area contributed by atoms with Gasteiger partial charge in [-0.3, -0.25) is 4.79 Å². The van der Waals surface area contributed by atoms with Crippen LogP contribution in [-0.2, 0) is 11.2 Å². The summed E-state index contributed by atoms with van der Waals surface area (Å²) in [6, 6.07) is 7.99. The first kappa shape index (κ1) is 17.4. The number of hydrogen-bond donors (Lipinski definition) is 0. The fourth-order valence-corrected chi connectivity index (χ4v) is 4.62. The molecule has 1 fully saturated rings. The molecule has 0 saturated carbocycles. The second-order valence-electron chi connectivity index (χ2n) is 6.03. The van der Waals surface area contributed by atoms with E-state index in [-0.39, 0.29) is 5.91 Å². The molecule has 3 rings (SSSR count). The first-order valence-electron chi connectivity index (χ1n) is 8.12. The van der Waals surface area contributed by atoms with Gasteiger partial charge in [0.2, 0.25) is 5.91 Å². The number of rotatable bonds is 3. The van der Waals surface area contributed by atoms with Gasteiger partial charge in [0.1, 0.15) is 5.76 Å². The number of benzene rings is 1. The zero-order chi connectivity index (χ0) is 17.1. The van der Waals surface area contributed by atoms with Gasteiger partial charge in [-0.25, -0.2) is 0 Å². The van der Waals surface area contributed by atoms with E-state index in [9.17, 15) is 4.79 Å². The van der Waals surface area contributed by atoms with E-state index in [0.29, 0.717) is 11.7 Å². The first-order valence-corrected chi connectivity index (χ1v) is 9.54. The highest BCUT2D eigenvalue weighted by molar-refractivity contribution is 7.99. The van der Waals surface area contributed by atoms with Crippen molar-refractivity contribution in [3.05, 3.63) is 51.9 Å². The summed E-state index contributed by atoms with van der Waals surface area (Å²) in [5.74, 6) is 1.80. The normalized spacial score (nSPS) is 18.5. The van der Waals surface area contributed by atoms with Crippen LogP contribution >= 0.6 is 23.4 Å². The van der Waals surface area contributed by atoms with Crippen LogP contribution in [0.4, 0.5) is 0 Å². The molecule has 1 aromatic carbocycles. The van der Waals surface area contributed by atoms with Crippen molar-refractivity contribution >= 4 is 29.3 Å². The Morgan fingerprint density at radius 3 is 2.88 bits per heavy atom. The van der Waals surface area contributed by atoms with Gasteiger partial charge in [0.05, 0.1) is 12.1 Å². The number of halogens is 1. The molecule has 1 saturated heterocycles. The summed E-state index contributed by atoms with van der Waals surface area (Å²) in [7, 11) is 0. The summed E-state index contributed by atoms with van der Waals surface area (Å²) < 4.78 is 5.16. The quantitative estimate of drug-likeness (QED) is 0.819. The maximum Gasteiger partial charge on any atom is 0.227 e. The predicted octanol–water partition coefficient (Wildman–Crippen LogP) is 4.19. The van der Waals surface area contributed by atoms with Gasteiger partial charge in [-0.1, -0.05) is 35.0 Å². The summed E-state index contributed by atoms with van der Waals surface area (Å²) in [6.45, 7) is 5.26. The van der Waals surface area contributed by atoms with E-state index in [1.165, 1.54) is 5.56 Å². The number of amides is 1. The van der Waals surface area contributed by atoms with Gasteiger partial charge in [-0.05, 0) is 31.9 Å². The van der Waals surface area contributed by atoms with Gasteiger partial charge in [0.25, 0.3) is 0 Å². The Kier molecular flexibility index (Phi) is 5.51.